The van der Waals surface area contributed by atoms with Crippen molar-refractivity contribution < 1.29 is 4.79 Å². The molecule has 0 aromatic heterocycles. The van der Waals surface area contributed by atoms with Crippen LogP contribution in [0.4, 0.5) is 0 Å². The molecule has 2 aromatic carbocycles. The number of carbonyl (C=O) groups excluding carboxylic acids is 1. The van der Waals surface area contributed by atoms with Crippen molar-refractivity contribution in [3.63, 3.8) is 0 Å². The van der Waals surface area contributed by atoms with Crippen molar-refractivity contribution in [1.82, 2.24) is 5.43 Å². The van der Waals surface area contributed by atoms with Crippen molar-refractivity contribution >= 4 is 11.6 Å². The van der Waals surface area contributed by atoms with E-state index in [1.165, 1.54) is 25.0 Å². The van der Waals surface area contributed by atoms with E-state index in [4.69, 9.17) is 0 Å². The third kappa shape index (κ3) is 2.91. The van der Waals surface area contributed by atoms with Gasteiger partial charge in [0, 0.05) is 11.3 Å². The highest BCUT2D eigenvalue weighted by Gasteiger charge is 2.36. The molecule has 2 fully saturated rings. The number of fused-ring (bicyclic) bond motifs is 2. The summed E-state index contributed by atoms with van der Waals surface area (Å²) in [5.74, 6) is 1.29. The molecule has 2 unspecified atom stereocenters. The molecule has 2 saturated carbocycles. The predicted molar refractivity (Wildman–Crippen MR) is 92.2 cm³/mol. The average Bonchev–Trinajstić information content (AvgIpc) is 3.24. The second-order valence-corrected chi connectivity index (χ2v) is 6.57. The second kappa shape index (κ2) is 5.99. The molecule has 0 radical (unpaired) electrons. The fourth-order valence-corrected chi connectivity index (χ4v) is 3.79. The molecule has 2 aromatic rings. The van der Waals surface area contributed by atoms with Gasteiger partial charge in [-0.15, -0.1) is 0 Å². The monoisotopic (exact) mass is 304 g/mol. The van der Waals surface area contributed by atoms with Gasteiger partial charge in [0.1, 0.15) is 0 Å². The van der Waals surface area contributed by atoms with Crippen molar-refractivity contribution in [2.45, 2.75) is 25.7 Å². The van der Waals surface area contributed by atoms with Crippen LogP contribution in [-0.2, 0) is 0 Å². The van der Waals surface area contributed by atoms with Gasteiger partial charge in [-0.2, -0.15) is 5.10 Å². The second-order valence-electron chi connectivity index (χ2n) is 6.57. The van der Waals surface area contributed by atoms with Gasteiger partial charge in [-0.1, -0.05) is 42.5 Å². The molecule has 23 heavy (non-hydrogen) atoms. The first-order chi connectivity index (χ1) is 11.3. The lowest BCUT2D eigenvalue weighted by Gasteiger charge is -2.11. The molecule has 0 saturated heterocycles. The van der Waals surface area contributed by atoms with E-state index in [-0.39, 0.29) is 5.91 Å². The molecule has 1 amide bonds. The number of nitrogens with zero attached hydrogens (tertiary/aromatic N) is 1. The summed E-state index contributed by atoms with van der Waals surface area (Å²) in [5, 5.41) is 4.38. The number of benzene rings is 2. The summed E-state index contributed by atoms with van der Waals surface area (Å²) in [6.07, 6.45) is 4.90. The first-order valence-electron chi connectivity index (χ1n) is 8.32. The molecule has 2 atom stereocenters. The Kier molecular flexibility index (Phi) is 3.70. The summed E-state index contributed by atoms with van der Waals surface area (Å²) in [6.45, 7) is 0. The first kappa shape index (κ1) is 14.2. The van der Waals surface area contributed by atoms with Gasteiger partial charge in [0.25, 0.3) is 5.91 Å². The maximum absolute atomic E-state index is 12.2. The van der Waals surface area contributed by atoms with Crippen molar-refractivity contribution in [3.05, 3.63) is 60.2 Å². The maximum atomic E-state index is 12.2. The van der Waals surface area contributed by atoms with Crippen molar-refractivity contribution in [1.29, 1.82) is 0 Å². The van der Waals surface area contributed by atoms with Crippen LogP contribution in [0.5, 0.6) is 0 Å². The molecule has 2 bridgehead atoms. The molecule has 0 aliphatic heterocycles. The maximum Gasteiger partial charge on any atom is 0.271 e. The summed E-state index contributed by atoms with van der Waals surface area (Å²) < 4.78 is 0. The van der Waals surface area contributed by atoms with E-state index in [0.29, 0.717) is 11.5 Å². The number of amides is 1. The Balaban J connectivity index is 1.44. The molecule has 4 rings (SSSR count). The molecule has 3 heteroatoms. The van der Waals surface area contributed by atoms with Crippen LogP contribution in [0.25, 0.3) is 11.1 Å². The minimum absolute atomic E-state index is 0.125. The van der Waals surface area contributed by atoms with E-state index in [9.17, 15) is 4.79 Å². The number of hydrogen-bond acceptors (Lipinski definition) is 2. The third-order valence-corrected chi connectivity index (χ3v) is 5.07. The van der Waals surface area contributed by atoms with Crippen LogP contribution >= 0.6 is 0 Å². The minimum atomic E-state index is -0.125. The summed E-state index contributed by atoms with van der Waals surface area (Å²) >= 11 is 0. The zero-order valence-corrected chi connectivity index (χ0v) is 13.0. The summed E-state index contributed by atoms with van der Waals surface area (Å²) in [7, 11) is 0. The summed E-state index contributed by atoms with van der Waals surface area (Å²) in [6, 6.07) is 17.8. The fraction of sp³-hybridized carbons (Fsp3) is 0.300. The Morgan fingerprint density at radius 2 is 1.70 bits per heavy atom. The Hall–Kier alpha value is -2.42. The molecule has 2 aliphatic carbocycles. The summed E-state index contributed by atoms with van der Waals surface area (Å²) in [5.41, 5.74) is 6.84. The molecule has 0 heterocycles. The number of rotatable bonds is 3. The largest absolute Gasteiger partial charge is 0.271 e. The zero-order valence-electron chi connectivity index (χ0n) is 13.0. The van der Waals surface area contributed by atoms with Crippen LogP contribution < -0.4 is 5.43 Å². The van der Waals surface area contributed by atoms with E-state index >= 15 is 0 Å². The minimum Gasteiger partial charge on any atom is -0.267 e. The number of carbonyl (C=O) groups is 1. The number of hydrazone groups is 1. The molecule has 1 N–H and O–H groups in total. The van der Waals surface area contributed by atoms with Gasteiger partial charge in [-0.25, -0.2) is 5.43 Å². The number of hydrogen-bond donors (Lipinski definition) is 1. The highest BCUT2D eigenvalue weighted by atomic mass is 16.2. The predicted octanol–water partition coefficient (Wildman–Crippen LogP) is 4.26. The highest BCUT2D eigenvalue weighted by Crippen LogP contribution is 2.42. The molecule has 2 aliphatic rings. The quantitative estimate of drug-likeness (QED) is 0.846. The van der Waals surface area contributed by atoms with Crippen molar-refractivity contribution in [2.24, 2.45) is 16.9 Å². The van der Waals surface area contributed by atoms with E-state index in [2.05, 4.69) is 22.7 Å². The topological polar surface area (TPSA) is 41.5 Å². The Labute approximate surface area is 136 Å². The van der Waals surface area contributed by atoms with Crippen molar-refractivity contribution in [3.8, 4) is 11.1 Å². The lowest BCUT2D eigenvalue weighted by Crippen LogP contribution is -2.21. The fourth-order valence-electron chi connectivity index (χ4n) is 3.79. The van der Waals surface area contributed by atoms with Crippen LogP contribution in [0.2, 0.25) is 0 Å². The van der Waals surface area contributed by atoms with Gasteiger partial charge in [0.05, 0.1) is 0 Å². The first-order valence-corrected chi connectivity index (χ1v) is 8.32. The van der Waals surface area contributed by atoms with Crippen LogP contribution in [0.15, 0.2) is 59.7 Å². The Bertz CT molecular complexity index is 734. The lowest BCUT2D eigenvalue weighted by molar-refractivity contribution is 0.0954. The average molecular weight is 304 g/mol. The van der Waals surface area contributed by atoms with E-state index in [0.717, 1.165) is 23.5 Å². The van der Waals surface area contributed by atoms with E-state index in [1.54, 1.807) is 0 Å². The molecular weight excluding hydrogens is 284 g/mol. The smallest absolute Gasteiger partial charge is 0.267 e. The van der Waals surface area contributed by atoms with E-state index < -0.39 is 0 Å². The van der Waals surface area contributed by atoms with E-state index in [1.807, 2.05) is 42.5 Å². The molecule has 3 nitrogen and oxygen atoms in total. The van der Waals surface area contributed by atoms with Gasteiger partial charge in [0.15, 0.2) is 0 Å². The molecule has 116 valence electrons. The normalized spacial score (nSPS) is 24.1. The van der Waals surface area contributed by atoms with Gasteiger partial charge in [-0.3, -0.25) is 4.79 Å². The molecule has 0 spiro atoms. The lowest BCUT2D eigenvalue weighted by atomic mass is 9.99. The molecular formula is C20H20N2O. The SMILES string of the molecule is O=C(NN=C1CC2CCC1C2)c1ccc(-c2ccccc2)cc1. The van der Waals surface area contributed by atoms with Gasteiger partial charge in [0.2, 0.25) is 0 Å². The van der Waals surface area contributed by atoms with Crippen LogP contribution in [0, 0.1) is 11.8 Å². The standard InChI is InChI=1S/C20H20N2O/c23-20(22-21-19-13-14-6-7-18(19)12-14)17-10-8-16(9-11-17)15-4-2-1-3-5-15/h1-5,8-11,14,18H,6-7,12-13H2,(H,22,23). The van der Waals surface area contributed by atoms with Crippen molar-refractivity contribution in [2.75, 3.05) is 0 Å². The van der Waals surface area contributed by atoms with Crippen LogP contribution in [0.1, 0.15) is 36.0 Å². The zero-order chi connectivity index (χ0) is 15.6. The number of nitrogens with one attached hydrogen (secondary N) is 1. The van der Waals surface area contributed by atoms with Crippen LogP contribution in [-0.4, -0.2) is 11.6 Å². The van der Waals surface area contributed by atoms with Gasteiger partial charge >= 0.3 is 0 Å². The Morgan fingerprint density at radius 1 is 0.957 bits per heavy atom. The highest BCUT2D eigenvalue weighted by molar-refractivity contribution is 5.96. The van der Waals surface area contributed by atoms with Gasteiger partial charge in [-0.05, 0) is 60.8 Å². The van der Waals surface area contributed by atoms with Gasteiger partial charge < -0.3 is 0 Å². The summed E-state index contributed by atoms with van der Waals surface area (Å²) in [4.78, 5) is 12.2. The third-order valence-electron chi connectivity index (χ3n) is 5.07. The Morgan fingerprint density at radius 3 is 2.35 bits per heavy atom. The van der Waals surface area contributed by atoms with Crippen LogP contribution in [0.3, 0.4) is 0 Å².